The normalized spacial score (nSPS) is 10.9. The van der Waals surface area contributed by atoms with Gasteiger partial charge in [-0.15, -0.1) is 0 Å². The Bertz CT molecular complexity index is 596. The SMILES string of the molecule is Cc1cccc(COc2c(Cl)cccc2CNC(C)C)c1. The summed E-state index contributed by atoms with van der Waals surface area (Å²) in [6.07, 6.45) is 0. The second-order valence-electron chi connectivity index (χ2n) is 5.54. The van der Waals surface area contributed by atoms with Gasteiger partial charge in [0.2, 0.25) is 0 Å². The maximum absolute atomic E-state index is 6.29. The molecular weight excluding hydrogens is 282 g/mol. The molecule has 0 bridgehead atoms. The van der Waals surface area contributed by atoms with Crippen LogP contribution in [0.5, 0.6) is 5.75 Å². The first-order valence-corrected chi connectivity index (χ1v) is 7.63. The zero-order chi connectivity index (χ0) is 15.2. The van der Waals surface area contributed by atoms with E-state index in [-0.39, 0.29) is 0 Å². The lowest BCUT2D eigenvalue weighted by Gasteiger charge is -2.15. The third-order valence-electron chi connectivity index (χ3n) is 3.21. The number of ether oxygens (including phenoxy) is 1. The van der Waals surface area contributed by atoms with Crippen LogP contribution in [0.25, 0.3) is 0 Å². The molecule has 1 N–H and O–H groups in total. The second-order valence-corrected chi connectivity index (χ2v) is 5.95. The highest BCUT2D eigenvalue weighted by atomic mass is 35.5. The minimum absolute atomic E-state index is 0.425. The van der Waals surface area contributed by atoms with Gasteiger partial charge in [0.05, 0.1) is 5.02 Å². The zero-order valence-electron chi connectivity index (χ0n) is 12.8. The number of para-hydroxylation sites is 1. The van der Waals surface area contributed by atoms with Crippen LogP contribution in [0.4, 0.5) is 0 Å². The number of benzene rings is 2. The Morgan fingerprint density at radius 1 is 1.14 bits per heavy atom. The molecular formula is C18H22ClNO. The van der Waals surface area contributed by atoms with Crippen molar-refractivity contribution in [3.8, 4) is 5.75 Å². The van der Waals surface area contributed by atoms with E-state index >= 15 is 0 Å². The molecule has 0 aliphatic rings. The number of rotatable bonds is 6. The lowest BCUT2D eigenvalue weighted by atomic mass is 10.1. The van der Waals surface area contributed by atoms with Crippen LogP contribution in [0, 0.1) is 6.92 Å². The van der Waals surface area contributed by atoms with Gasteiger partial charge >= 0.3 is 0 Å². The maximum Gasteiger partial charge on any atom is 0.142 e. The van der Waals surface area contributed by atoms with Crippen molar-refractivity contribution < 1.29 is 4.74 Å². The van der Waals surface area contributed by atoms with Crippen LogP contribution >= 0.6 is 11.6 Å². The Balaban J connectivity index is 2.11. The fourth-order valence-corrected chi connectivity index (χ4v) is 2.37. The Morgan fingerprint density at radius 2 is 1.90 bits per heavy atom. The quantitative estimate of drug-likeness (QED) is 0.833. The Kier molecular flexibility index (Phi) is 5.66. The van der Waals surface area contributed by atoms with E-state index in [9.17, 15) is 0 Å². The molecule has 112 valence electrons. The van der Waals surface area contributed by atoms with Crippen LogP contribution in [0.2, 0.25) is 5.02 Å². The molecule has 2 nitrogen and oxygen atoms in total. The summed E-state index contributed by atoms with van der Waals surface area (Å²) < 4.78 is 5.97. The van der Waals surface area contributed by atoms with Crippen LogP contribution in [-0.2, 0) is 13.2 Å². The summed E-state index contributed by atoms with van der Waals surface area (Å²) in [5.74, 6) is 0.772. The summed E-state index contributed by atoms with van der Waals surface area (Å²) in [5, 5.41) is 4.06. The highest BCUT2D eigenvalue weighted by molar-refractivity contribution is 6.32. The first-order valence-electron chi connectivity index (χ1n) is 7.25. The molecule has 2 aromatic carbocycles. The molecule has 0 spiro atoms. The topological polar surface area (TPSA) is 21.3 Å². The van der Waals surface area contributed by atoms with Gasteiger partial charge in [-0.05, 0) is 18.6 Å². The average molecular weight is 304 g/mol. The van der Waals surface area contributed by atoms with Crippen molar-refractivity contribution in [2.24, 2.45) is 0 Å². The predicted molar refractivity (Wildman–Crippen MR) is 88.9 cm³/mol. The van der Waals surface area contributed by atoms with Gasteiger partial charge in [-0.3, -0.25) is 0 Å². The largest absolute Gasteiger partial charge is 0.487 e. The Labute approximate surface area is 132 Å². The van der Waals surface area contributed by atoms with Crippen LogP contribution in [0.3, 0.4) is 0 Å². The van der Waals surface area contributed by atoms with Crippen molar-refractivity contribution in [1.82, 2.24) is 5.32 Å². The molecule has 0 saturated heterocycles. The summed E-state index contributed by atoms with van der Waals surface area (Å²) in [6.45, 7) is 7.61. The van der Waals surface area contributed by atoms with E-state index in [2.05, 4.69) is 44.3 Å². The number of hydrogen-bond donors (Lipinski definition) is 1. The molecule has 0 radical (unpaired) electrons. The van der Waals surface area contributed by atoms with Crippen molar-refractivity contribution in [2.45, 2.75) is 40.0 Å². The maximum atomic E-state index is 6.29. The van der Waals surface area contributed by atoms with Gasteiger partial charge in [0.25, 0.3) is 0 Å². The monoisotopic (exact) mass is 303 g/mol. The highest BCUT2D eigenvalue weighted by Gasteiger charge is 2.09. The second kappa shape index (κ2) is 7.48. The smallest absolute Gasteiger partial charge is 0.142 e. The molecule has 0 aliphatic heterocycles. The Hall–Kier alpha value is -1.51. The van der Waals surface area contributed by atoms with Crippen LogP contribution in [0.1, 0.15) is 30.5 Å². The molecule has 0 aromatic heterocycles. The van der Waals surface area contributed by atoms with E-state index in [4.69, 9.17) is 16.3 Å². The van der Waals surface area contributed by atoms with Crippen molar-refractivity contribution in [2.75, 3.05) is 0 Å². The molecule has 2 rings (SSSR count). The summed E-state index contributed by atoms with van der Waals surface area (Å²) in [5.41, 5.74) is 3.47. The number of hydrogen-bond acceptors (Lipinski definition) is 2. The fourth-order valence-electron chi connectivity index (χ4n) is 2.13. The van der Waals surface area contributed by atoms with E-state index in [0.717, 1.165) is 23.4 Å². The molecule has 0 amide bonds. The van der Waals surface area contributed by atoms with Gasteiger partial charge in [-0.2, -0.15) is 0 Å². The van der Waals surface area contributed by atoms with E-state index in [0.29, 0.717) is 17.7 Å². The first kappa shape index (κ1) is 15.9. The van der Waals surface area contributed by atoms with Gasteiger partial charge in [0.1, 0.15) is 12.4 Å². The summed E-state index contributed by atoms with van der Waals surface area (Å²) in [4.78, 5) is 0. The molecule has 2 aromatic rings. The van der Waals surface area contributed by atoms with Crippen LogP contribution < -0.4 is 10.1 Å². The molecule has 0 aliphatic carbocycles. The number of aryl methyl sites for hydroxylation is 1. The average Bonchev–Trinajstić information content (AvgIpc) is 2.44. The predicted octanol–water partition coefficient (Wildman–Crippen LogP) is 4.73. The van der Waals surface area contributed by atoms with Crippen molar-refractivity contribution in [3.05, 3.63) is 64.2 Å². The van der Waals surface area contributed by atoms with Gasteiger partial charge in [0, 0.05) is 18.2 Å². The molecule has 0 saturated carbocycles. The van der Waals surface area contributed by atoms with E-state index in [1.807, 2.05) is 24.3 Å². The van der Waals surface area contributed by atoms with Crippen molar-refractivity contribution >= 4 is 11.6 Å². The zero-order valence-corrected chi connectivity index (χ0v) is 13.6. The fraction of sp³-hybridized carbons (Fsp3) is 0.333. The standard InChI is InChI=1S/C18H22ClNO/c1-13(2)20-11-16-8-5-9-17(19)18(16)21-12-15-7-4-6-14(3)10-15/h4-10,13,20H,11-12H2,1-3H3. The van der Waals surface area contributed by atoms with Crippen LogP contribution in [-0.4, -0.2) is 6.04 Å². The third-order valence-corrected chi connectivity index (χ3v) is 3.51. The third kappa shape index (κ3) is 4.76. The Morgan fingerprint density at radius 3 is 2.62 bits per heavy atom. The summed E-state index contributed by atoms with van der Waals surface area (Å²) >= 11 is 6.29. The van der Waals surface area contributed by atoms with Gasteiger partial charge in [-0.1, -0.05) is 67.4 Å². The summed E-state index contributed by atoms with van der Waals surface area (Å²) in [7, 11) is 0. The van der Waals surface area contributed by atoms with E-state index in [1.165, 1.54) is 5.56 Å². The van der Waals surface area contributed by atoms with Crippen molar-refractivity contribution in [3.63, 3.8) is 0 Å². The van der Waals surface area contributed by atoms with Crippen LogP contribution in [0.15, 0.2) is 42.5 Å². The molecule has 0 heterocycles. The lowest BCUT2D eigenvalue weighted by molar-refractivity contribution is 0.302. The van der Waals surface area contributed by atoms with Gasteiger partial charge in [0.15, 0.2) is 0 Å². The van der Waals surface area contributed by atoms with Crippen molar-refractivity contribution in [1.29, 1.82) is 0 Å². The molecule has 0 atom stereocenters. The molecule has 3 heteroatoms. The summed E-state index contributed by atoms with van der Waals surface area (Å²) in [6, 6.07) is 14.6. The number of nitrogens with one attached hydrogen (secondary N) is 1. The molecule has 0 fully saturated rings. The highest BCUT2D eigenvalue weighted by Crippen LogP contribution is 2.29. The first-order chi connectivity index (χ1) is 10.1. The van der Waals surface area contributed by atoms with Gasteiger partial charge in [-0.25, -0.2) is 0 Å². The number of halogens is 1. The molecule has 0 unspecified atom stereocenters. The van der Waals surface area contributed by atoms with E-state index < -0.39 is 0 Å². The minimum Gasteiger partial charge on any atom is -0.487 e. The van der Waals surface area contributed by atoms with Gasteiger partial charge < -0.3 is 10.1 Å². The molecule has 21 heavy (non-hydrogen) atoms. The lowest BCUT2D eigenvalue weighted by Crippen LogP contribution is -2.22. The van der Waals surface area contributed by atoms with E-state index in [1.54, 1.807) is 0 Å². The minimum atomic E-state index is 0.425.